The van der Waals surface area contributed by atoms with Crippen LogP contribution >= 0.6 is 0 Å². The first-order valence-corrected chi connectivity index (χ1v) is 8.36. The Hall–Kier alpha value is -1.40. The molecule has 2 aliphatic heterocycles. The normalized spacial score (nSPS) is 27.1. The number of carbonyl (C=O) groups is 1. The monoisotopic (exact) mass is 306 g/mol. The Morgan fingerprint density at radius 3 is 3.09 bits per heavy atom. The lowest BCUT2D eigenvalue weighted by molar-refractivity contribution is -0.126. The van der Waals surface area contributed by atoms with Crippen LogP contribution in [-0.4, -0.2) is 58.5 Å². The first kappa shape index (κ1) is 15.5. The third kappa shape index (κ3) is 3.67. The van der Waals surface area contributed by atoms with Crippen molar-refractivity contribution in [1.29, 1.82) is 0 Å². The topological polar surface area (TPSA) is 59.4 Å². The average Bonchev–Trinajstić information content (AvgIpc) is 3.27. The number of hydrogen-bond donors (Lipinski definition) is 1. The number of aromatic nitrogens is 2. The van der Waals surface area contributed by atoms with E-state index in [4.69, 9.17) is 4.74 Å². The molecule has 3 rings (SSSR count). The van der Waals surface area contributed by atoms with Gasteiger partial charge in [0.2, 0.25) is 5.91 Å². The molecule has 1 aromatic rings. The van der Waals surface area contributed by atoms with Crippen LogP contribution in [0, 0.1) is 0 Å². The maximum atomic E-state index is 12.4. The summed E-state index contributed by atoms with van der Waals surface area (Å²) in [5.41, 5.74) is 0. The van der Waals surface area contributed by atoms with E-state index in [0.29, 0.717) is 12.6 Å². The van der Waals surface area contributed by atoms with Gasteiger partial charge < -0.3 is 10.1 Å². The van der Waals surface area contributed by atoms with Gasteiger partial charge in [-0.1, -0.05) is 0 Å². The minimum atomic E-state index is -0.0931. The van der Waals surface area contributed by atoms with Crippen LogP contribution in [0.1, 0.15) is 32.6 Å². The first-order chi connectivity index (χ1) is 10.7. The third-order valence-corrected chi connectivity index (χ3v) is 4.78. The number of nitrogens with one attached hydrogen (secondary N) is 1. The molecule has 2 fully saturated rings. The van der Waals surface area contributed by atoms with Crippen LogP contribution in [0.2, 0.25) is 0 Å². The van der Waals surface area contributed by atoms with Gasteiger partial charge in [-0.3, -0.25) is 14.4 Å². The largest absolute Gasteiger partial charge is 0.376 e. The van der Waals surface area contributed by atoms with Crippen molar-refractivity contribution in [2.45, 2.75) is 57.3 Å². The van der Waals surface area contributed by atoms with Crippen LogP contribution in [0.5, 0.6) is 0 Å². The van der Waals surface area contributed by atoms with Gasteiger partial charge in [-0.05, 0) is 45.2 Å². The third-order valence-electron chi connectivity index (χ3n) is 4.78. The lowest BCUT2D eigenvalue weighted by atomic mass is 10.2. The lowest BCUT2D eigenvalue weighted by Crippen LogP contribution is -2.49. The number of carbonyl (C=O) groups excluding carboxylic acids is 1. The Morgan fingerprint density at radius 1 is 1.45 bits per heavy atom. The highest BCUT2D eigenvalue weighted by Gasteiger charge is 2.32. The van der Waals surface area contributed by atoms with Crippen LogP contribution in [0.4, 0.5) is 0 Å². The fraction of sp³-hybridized carbons (Fsp3) is 0.750. The maximum absolute atomic E-state index is 12.4. The van der Waals surface area contributed by atoms with E-state index in [2.05, 4.69) is 15.3 Å². The molecule has 0 bridgehead atoms. The zero-order chi connectivity index (χ0) is 15.4. The summed E-state index contributed by atoms with van der Waals surface area (Å²) in [5.74, 6) is 0.114. The molecule has 22 heavy (non-hydrogen) atoms. The minimum Gasteiger partial charge on any atom is -0.376 e. The van der Waals surface area contributed by atoms with Crippen LogP contribution in [0.25, 0.3) is 0 Å². The number of amides is 1. The summed E-state index contributed by atoms with van der Waals surface area (Å²) >= 11 is 0. The Morgan fingerprint density at radius 2 is 2.36 bits per heavy atom. The standard InChI is InChI=1S/C16H26N4O2/c1-13(16(21)17-11-15-6-3-10-22-15)20-9-2-5-14(20)12-19-8-4-7-18-19/h4,7-8,13-15H,2-3,5-6,9-12H2,1H3,(H,17,21)/t13-,14-,15-/m1/s1. The van der Waals surface area contributed by atoms with Gasteiger partial charge in [-0.15, -0.1) is 0 Å². The van der Waals surface area contributed by atoms with Gasteiger partial charge in [0, 0.05) is 31.6 Å². The molecule has 1 aromatic heterocycles. The molecule has 0 spiro atoms. The van der Waals surface area contributed by atoms with Crippen molar-refractivity contribution in [2.24, 2.45) is 0 Å². The Bertz CT molecular complexity index is 471. The molecule has 2 saturated heterocycles. The van der Waals surface area contributed by atoms with Gasteiger partial charge in [0.05, 0.1) is 18.7 Å². The number of ether oxygens (including phenoxy) is 1. The van der Waals surface area contributed by atoms with Gasteiger partial charge in [0.15, 0.2) is 0 Å². The fourth-order valence-corrected chi connectivity index (χ4v) is 3.51. The van der Waals surface area contributed by atoms with Crippen LogP contribution in [0.3, 0.4) is 0 Å². The number of likely N-dealkylation sites (tertiary alicyclic amines) is 1. The molecular weight excluding hydrogens is 280 g/mol. The predicted molar refractivity (Wildman–Crippen MR) is 83.4 cm³/mol. The molecule has 0 saturated carbocycles. The van der Waals surface area contributed by atoms with E-state index < -0.39 is 0 Å². The predicted octanol–water partition coefficient (Wildman–Crippen LogP) is 1.03. The summed E-state index contributed by atoms with van der Waals surface area (Å²) < 4.78 is 7.52. The zero-order valence-corrected chi connectivity index (χ0v) is 13.3. The molecule has 2 aliphatic rings. The average molecular weight is 306 g/mol. The second kappa shape index (κ2) is 7.24. The number of hydrogen-bond acceptors (Lipinski definition) is 4. The van der Waals surface area contributed by atoms with Crippen LogP contribution in [-0.2, 0) is 16.1 Å². The van der Waals surface area contributed by atoms with E-state index in [9.17, 15) is 4.79 Å². The molecule has 122 valence electrons. The molecule has 0 aliphatic carbocycles. The molecule has 1 amide bonds. The summed E-state index contributed by atoms with van der Waals surface area (Å²) in [6.07, 6.45) is 8.43. The van der Waals surface area contributed by atoms with Crippen molar-refractivity contribution in [2.75, 3.05) is 19.7 Å². The molecule has 6 heteroatoms. The molecule has 0 radical (unpaired) electrons. The SMILES string of the molecule is C[C@H](C(=O)NC[C@H]1CCCO1)N1CCC[C@@H]1Cn1cccn1. The Labute approximate surface area is 131 Å². The van der Waals surface area contributed by atoms with Crippen molar-refractivity contribution in [3.63, 3.8) is 0 Å². The van der Waals surface area contributed by atoms with E-state index in [-0.39, 0.29) is 18.1 Å². The van der Waals surface area contributed by atoms with E-state index in [0.717, 1.165) is 45.4 Å². The lowest BCUT2D eigenvalue weighted by Gasteiger charge is -2.30. The highest BCUT2D eigenvalue weighted by atomic mass is 16.5. The molecule has 6 nitrogen and oxygen atoms in total. The van der Waals surface area contributed by atoms with Gasteiger partial charge in [-0.2, -0.15) is 5.10 Å². The second-order valence-corrected chi connectivity index (χ2v) is 6.32. The van der Waals surface area contributed by atoms with Crippen molar-refractivity contribution in [3.8, 4) is 0 Å². The van der Waals surface area contributed by atoms with Crippen molar-refractivity contribution in [3.05, 3.63) is 18.5 Å². The quantitative estimate of drug-likeness (QED) is 0.853. The highest BCUT2D eigenvalue weighted by molar-refractivity contribution is 5.81. The molecule has 0 aromatic carbocycles. The summed E-state index contributed by atoms with van der Waals surface area (Å²) in [6.45, 7) is 5.32. The Balaban J connectivity index is 1.50. The fourth-order valence-electron chi connectivity index (χ4n) is 3.51. The minimum absolute atomic E-state index is 0.0931. The second-order valence-electron chi connectivity index (χ2n) is 6.32. The summed E-state index contributed by atoms with van der Waals surface area (Å²) in [7, 11) is 0. The Kier molecular flexibility index (Phi) is 5.10. The van der Waals surface area contributed by atoms with Gasteiger partial charge >= 0.3 is 0 Å². The zero-order valence-electron chi connectivity index (χ0n) is 13.3. The number of rotatable bonds is 6. The maximum Gasteiger partial charge on any atom is 0.237 e. The van der Waals surface area contributed by atoms with Crippen LogP contribution in [0.15, 0.2) is 18.5 Å². The molecule has 0 unspecified atom stereocenters. The molecule has 1 N–H and O–H groups in total. The van der Waals surface area contributed by atoms with Crippen molar-refractivity contribution in [1.82, 2.24) is 20.0 Å². The molecular formula is C16H26N4O2. The van der Waals surface area contributed by atoms with Crippen molar-refractivity contribution >= 4 is 5.91 Å². The molecule has 3 atom stereocenters. The summed E-state index contributed by atoms with van der Waals surface area (Å²) in [5, 5.41) is 7.33. The van der Waals surface area contributed by atoms with E-state index in [1.54, 1.807) is 6.20 Å². The van der Waals surface area contributed by atoms with E-state index >= 15 is 0 Å². The smallest absolute Gasteiger partial charge is 0.237 e. The summed E-state index contributed by atoms with van der Waals surface area (Å²) in [6, 6.07) is 2.24. The van der Waals surface area contributed by atoms with Crippen molar-refractivity contribution < 1.29 is 9.53 Å². The van der Waals surface area contributed by atoms with Gasteiger partial charge in [0.25, 0.3) is 0 Å². The number of nitrogens with zero attached hydrogens (tertiary/aromatic N) is 3. The van der Waals surface area contributed by atoms with Crippen LogP contribution < -0.4 is 5.32 Å². The molecule has 3 heterocycles. The van der Waals surface area contributed by atoms with E-state index in [1.165, 1.54) is 0 Å². The van der Waals surface area contributed by atoms with E-state index in [1.807, 2.05) is 23.9 Å². The van der Waals surface area contributed by atoms with Gasteiger partial charge in [0.1, 0.15) is 0 Å². The highest BCUT2D eigenvalue weighted by Crippen LogP contribution is 2.21. The van der Waals surface area contributed by atoms with Gasteiger partial charge in [-0.25, -0.2) is 0 Å². The summed E-state index contributed by atoms with van der Waals surface area (Å²) in [4.78, 5) is 14.7. The first-order valence-electron chi connectivity index (χ1n) is 8.36.